The number of nitrogens with one attached hydrogen (secondary N) is 3. The number of rotatable bonds is 11. The van der Waals surface area contributed by atoms with Crippen LogP contribution < -0.4 is 20.1 Å². The molecule has 2 aromatic heterocycles. The minimum Gasteiger partial charge on any atom is -0.497 e. The number of nitrogens with zero attached hydrogens (tertiary/aromatic N) is 2. The molecule has 0 amide bonds. The Morgan fingerprint density at radius 2 is 1.97 bits per heavy atom. The van der Waals surface area contributed by atoms with Gasteiger partial charge < -0.3 is 25.1 Å². The molecule has 0 unspecified atom stereocenters. The summed E-state index contributed by atoms with van der Waals surface area (Å²) in [6.45, 7) is 1.74. The maximum absolute atomic E-state index is 5.49. The first-order valence-corrected chi connectivity index (χ1v) is 11.8. The fourth-order valence-corrected chi connectivity index (χ4v) is 4.73. The number of H-pyrrole nitrogens is 1. The molecule has 7 nitrogen and oxygen atoms in total. The fraction of sp³-hybridized carbons (Fsp3) is 0.429. The highest BCUT2D eigenvalue weighted by molar-refractivity contribution is 14.0. The van der Waals surface area contributed by atoms with Crippen LogP contribution in [0.1, 0.15) is 18.5 Å². The number of aryl methyl sites for hydroxylation is 1. The number of hydrogen-bond acceptors (Lipinski definition) is 6. The SMILES string of the molecule is CN=C(NCCCSc1nccs1)NCCCc1cc2c(OC)cc(OC)cc2[nH]1.I. The van der Waals surface area contributed by atoms with Crippen LogP contribution in [0.4, 0.5) is 0 Å². The second kappa shape index (κ2) is 13.7. The number of aromatic amines is 1. The van der Waals surface area contributed by atoms with Crippen molar-refractivity contribution in [3.05, 3.63) is 35.5 Å². The van der Waals surface area contributed by atoms with Crippen LogP contribution in [0.2, 0.25) is 0 Å². The number of aromatic nitrogens is 2. The maximum Gasteiger partial charge on any atom is 0.190 e. The molecule has 10 heteroatoms. The van der Waals surface area contributed by atoms with Gasteiger partial charge in [-0.25, -0.2) is 4.98 Å². The van der Waals surface area contributed by atoms with Crippen LogP contribution in [0.3, 0.4) is 0 Å². The summed E-state index contributed by atoms with van der Waals surface area (Å²) >= 11 is 3.49. The van der Waals surface area contributed by atoms with Gasteiger partial charge in [-0.15, -0.1) is 35.3 Å². The molecule has 0 saturated carbocycles. The molecule has 0 saturated heterocycles. The van der Waals surface area contributed by atoms with E-state index >= 15 is 0 Å². The van der Waals surface area contributed by atoms with Crippen LogP contribution >= 0.6 is 47.1 Å². The van der Waals surface area contributed by atoms with E-state index in [1.165, 1.54) is 5.69 Å². The molecular formula is C21H30IN5O2S2. The Hall–Kier alpha value is -1.66. The highest BCUT2D eigenvalue weighted by atomic mass is 127. The summed E-state index contributed by atoms with van der Waals surface area (Å²) in [6, 6.07) is 6.06. The molecule has 31 heavy (non-hydrogen) atoms. The van der Waals surface area contributed by atoms with Crippen molar-refractivity contribution in [3.8, 4) is 11.5 Å². The molecule has 0 spiro atoms. The van der Waals surface area contributed by atoms with Gasteiger partial charge in [-0.1, -0.05) is 11.8 Å². The quantitative estimate of drug-likeness (QED) is 0.102. The number of halogens is 1. The molecule has 0 aliphatic heterocycles. The Kier molecular flexibility index (Phi) is 11.3. The van der Waals surface area contributed by atoms with E-state index in [1.807, 2.05) is 23.7 Å². The van der Waals surface area contributed by atoms with E-state index in [1.54, 1.807) is 44.4 Å². The van der Waals surface area contributed by atoms with E-state index in [-0.39, 0.29) is 24.0 Å². The number of hydrogen-bond donors (Lipinski definition) is 3. The van der Waals surface area contributed by atoms with Crippen LogP contribution in [-0.4, -0.2) is 56.0 Å². The third-order valence-corrected chi connectivity index (χ3v) is 6.62. The highest BCUT2D eigenvalue weighted by Gasteiger charge is 2.09. The number of guanidine groups is 1. The summed E-state index contributed by atoms with van der Waals surface area (Å²) in [5.74, 6) is 3.50. The van der Waals surface area contributed by atoms with Crippen molar-refractivity contribution in [1.82, 2.24) is 20.6 Å². The lowest BCUT2D eigenvalue weighted by molar-refractivity contribution is 0.398. The Bertz CT molecular complexity index is 947. The molecule has 0 bridgehead atoms. The van der Waals surface area contributed by atoms with Crippen molar-refractivity contribution >= 4 is 63.9 Å². The summed E-state index contributed by atoms with van der Waals surface area (Å²) in [6.07, 6.45) is 4.84. The monoisotopic (exact) mass is 575 g/mol. The van der Waals surface area contributed by atoms with E-state index in [4.69, 9.17) is 9.47 Å². The molecule has 0 radical (unpaired) electrons. The summed E-state index contributed by atoms with van der Waals surface area (Å²) < 4.78 is 12.0. The summed E-state index contributed by atoms with van der Waals surface area (Å²) in [5, 5.41) is 9.84. The number of benzene rings is 1. The van der Waals surface area contributed by atoms with Gasteiger partial charge in [0.05, 0.1) is 19.7 Å². The summed E-state index contributed by atoms with van der Waals surface area (Å²) in [4.78, 5) is 12.0. The van der Waals surface area contributed by atoms with Crippen molar-refractivity contribution in [2.45, 2.75) is 23.6 Å². The molecule has 3 rings (SSSR count). The van der Waals surface area contributed by atoms with E-state index in [0.717, 1.165) is 70.8 Å². The predicted octanol–water partition coefficient (Wildman–Crippen LogP) is 4.54. The number of thiazole rings is 1. The molecule has 3 N–H and O–H groups in total. The lowest BCUT2D eigenvalue weighted by atomic mass is 10.2. The number of ether oxygens (including phenoxy) is 2. The zero-order valence-corrected chi connectivity index (χ0v) is 22.0. The minimum atomic E-state index is 0. The molecule has 0 atom stereocenters. The zero-order chi connectivity index (χ0) is 21.2. The second-order valence-electron chi connectivity index (χ2n) is 6.61. The van der Waals surface area contributed by atoms with E-state index in [9.17, 15) is 0 Å². The van der Waals surface area contributed by atoms with Gasteiger partial charge in [0.25, 0.3) is 0 Å². The fourth-order valence-electron chi connectivity index (χ4n) is 3.08. The number of fused-ring (bicyclic) bond motifs is 1. The van der Waals surface area contributed by atoms with Crippen LogP contribution in [-0.2, 0) is 6.42 Å². The Morgan fingerprint density at radius 3 is 2.65 bits per heavy atom. The topological polar surface area (TPSA) is 83.6 Å². The van der Waals surface area contributed by atoms with Gasteiger partial charge >= 0.3 is 0 Å². The zero-order valence-electron chi connectivity index (χ0n) is 18.1. The van der Waals surface area contributed by atoms with Gasteiger partial charge in [0.1, 0.15) is 15.8 Å². The first-order chi connectivity index (χ1) is 14.7. The molecular weight excluding hydrogens is 545 g/mol. The summed E-state index contributed by atoms with van der Waals surface area (Å²) in [7, 11) is 5.15. The number of methoxy groups -OCH3 is 2. The lowest BCUT2D eigenvalue weighted by Crippen LogP contribution is -2.38. The molecule has 0 aliphatic carbocycles. The largest absolute Gasteiger partial charge is 0.497 e. The van der Waals surface area contributed by atoms with Gasteiger partial charge in [0.2, 0.25) is 0 Å². The standard InChI is InChI=1S/C21H29N5O2S2.HI/c1-22-20(24-8-5-10-29-21-25-9-11-30-21)23-7-4-6-15-12-17-18(26-15)13-16(27-2)14-19(17)28-3;/h9,11-14,26H,4-8,10H2,1-3H3,(H2,22,23,24);1H. The first kappa shape index (κ1) is 25.6. The van der Waals surface area contributed by atoms with Crippen molar-refractivity contribution in [3.63, 3.8) is 0 Å². The van der Waals surface area contributed by atoms with E-state index < -0.39 is 0 Å². The molecule has 2 heterocycles. The van der Waals surface area contributed by atoms with Gasteiger partial charge in [0.15, 0.2) is 5.96 Å². The normalized spacial score (nSPS) is 11.3. The lowest BCUT2D eigenvalue weighted by Gasteiger charge is -2.11. The second-order valence-corrected chi connectivity index (χ2v) is 8.85. The smallest absolute Gasteiger partial charge is 0.190 e. The van der Waals surface area contributed by atoms with Crippen molar-refractivity contribution in [2.75, 3.05) is 40.1 Å². The summed E-state index contributed by atoms with van der Waals surface area (Å²) in [5.41, 5.74) is 2.21. The first-order valence-electron chi connectivity index (χ1n) is 9.94. The average molecular weight is 576 g/mol. The molecule has 1 aromatic carbocycles. The molecule has 3 aromatic rings. The third kappa shape index (κ3) is 7.76. The van der Waals surface area contributed by atoms with Gasteiger partial charge in [-0.2, -0.15) is 0 Å². The van der Waals surface area contributed by atoms with Gasteiger partial charge in [-0.05, 0) is 25.3 Å². The Morgan fingerprint density at radius 1 is 1.16 bits per heavy atom. The Labute approximate surface area is 208 Å². The van der Waals surface area contributed by atoms with Gasteiger partial charge in [-0.3, -0.25) is 4.99 Å². The number of aliphatic imine (C=N–C) groups is 1. The highest BCUT2D eigenvalue weighted by Crippen LogP contribution is 2.31. The third-order valence-electron chi connectivity index (χ3n) is 4.57. The number of thioether (sulfide) groups is 1. The molecule has 0 aliphatic rings. The minimum absolute atomic E-state index is 0. The van der Waals surface area contributed by atoms with E-state index in [0.29, 0.717) is 0 Å². The van der Waals surface area contributed by atoms with Crippen molar-refractivity contribution < 1.29 is 9.47 Å². The molecule has 0 fully saturated rings. The van der Waals surface area contributed by atoms with Crippen molar-refractivity contribution in [2.24, 2.45) is 4.99 Å². The van der Waals surface area contributed by atoms with Crippen LogP contribution in [0.25, 0.3) is 10.9 Å². The molecule has 170 valence electrons. The maximum atomic E-state index is 5.49. The Balaban J connectivity index is 0.00000341. The predicted molar refractivity (Wildman–Crippen MR) is 142 cm³/mol. The van der Waals surface area contributed by atoms with Crippen LogP contribution in [0, 0.1) is 0 Å². The average Bonchev–Trinajstić information content (AvgIpc) is 3.43. The van der Waals surface area contributed by atoms with Crippen LogP contribution in [0.15, 0.2) is 39.1 Å². The van der Waals surface area contributed by atoms with Gasteiger partial charge in [0, 0.05) is 60.7 Å². The van der Waals surface area contributed by atoms with Crippen LogP contribution in [0.5, 0.6) is 11.5 Å². The van der Waals surface area contributed by atoms with E-state index in [2.05, 4.69) is 31.7 Å². The van der Waals surface area contributed by atoms with Crippen molar-refractivity contribution in [1.29, 1.82) is 0 Å².